The molecule has 5 nitrogen and oxygen atoms in total. The van der Waals surface area contributed by atoms with Gasteiger partial charge in [-0.15, -0.1) is 0 Å². The highest BCUT2D eigenvalue weighted by Gasteiger charge is 2.03. The Bertz CT molecular complexity index is 226. The Morgan fingerprint density at radius 1 is 1.71 bits per heavy atom. The van der Waals surface area contributed by atoms with Crippen LogP contribution < -0.4 is 5.32 Å². The van der Waals surface area contributed by atoms with E-state index in [9.17, 15) is 5.11 Å². The van der Waals surface area contributed by atoms with Gasteiger partial charge in [0.1, 0.15) is 6.26 Å². The standard InChI is InChI=1S/C9H16N2O3/c1-2-13-7-9(12)6-10-5-8-3-4-14-11-8/h3-4,9-10,12H,2,5-7H2,1H3. The van der Waals surface area contributed by atoms with E-state index in [1.807, 2.05) is 6.92 Å². The molecule has 0 fully saturated rings. The second-order valence-electron chi connectivity index (χ2n) is 2.93. The highest BCUT2D eigenvalue weighted by molar-refractivity contribution is 4.94. The van der Waals surface area contributed by atoms with Crippen LogP contribution in [0.2, 0.25) is 0 Å². The number of hydrogen-bond acceptors (Lipinski definition) is 5. The fourth-order valence-corrected chi connectivity index (χ4v) is 1.01. The monoisotopic (exact) mass is 200 g/mol. The van der Waals surface area contributed by atoms with E-state index in [1.54, 1.807) is 6.07 Å². The van der Waals surface area contributed by atoms with E-state index >= 15 is 0 Å². The minimum atomic E-state index is -0.471. The lowest BCUT2D eigenvalue weighted by atomic mass is 10.3. The highest BCUT2D eigenvalue weighted by Crippen LogP contribution is 1.93. The summed E-state index contributed by atoms with van der Waals surface area (Å²) in [4.78, 5) is 0. The highest BCUT2D eigenvalue weighted by atomic mass is 16.5. The first kappa shape index (κ1) is 11.2. The molecular formula is C9H16N2O3. The summed E-state index contributed by atoms with van der Waals surface area (Å²) < 4.78 is 9.72. The van der Waals surface area contributed by atoms with Crippen molar-refractivity contribution in [2.45, 2.75) is 19.6 Å². The molecule has 5 heteroatoms. The Morgan fingerprint density at radius 2 is 2.57 bits per heavy atom. The van der Waals surface area contributed by atoms with E-state index < -0.39 is 6.10 Å². The van der Waals surface area contributed by atoms with Gasteiger partial charge in [0.05, 0.1) is 18.4 Å². The topological polar surface area (TPSA) is 67.5 Å². The van der Waals surface area contributed by atoms with Crippen LogP contribution in [0.25, 0.3) is 0 Å². The molecule has 1 atom stereocenters. The third-order valence-corrected chi connectivity index (χ3v) is 1.69. The number of aliphatic hydroxyl groups excluding tert-OH is 1. The van der Waals surface area contributed by atoms with Crippen LogP contribution in [0.3, 0.4) is 0 Å². The quantitative estimate of drug-likeness (QED) is 0.656. The molecule has 0 spiro atoms. The van der Waals surface area contributed by atoms with Crippen LogP contribution in [0.1, 0.15) is 12.6 Å². The van der Waals surface area contributed by atoms with E-state index in [1.165, 1.54) is 6.26 Å². The number of aromatic nitrogens is 1. The summed E-state index contributed by atoms with van der Waals surface area (Å²) in [7, 11) is 0. The van der Waals surface area contributed by atoms with Gasteiger partial charge >= 0.3 is 0 Å². The third-order valence-electron chi connectivity index (χ3n) is 1.69. The van der Waals surface area contributed by atoms with Crippen LogP contribution >= 0.6 is 0 Å². The van der Waals surface area contributed by atoms with Crippen LogP contribution in [0.4, 0.5) is 0 Å². The molecule has 1 aromatic rings. The zero-order chi connectivity index (χ0) is 10.2. The van der Waals surface area contributed by atoms with Gasteiger partial charge in [-0.3, -0.25) is 0 Å². The largest absolute Gasteiger partial charge is 0.389 e. The maximum absolute atomic E-state index is 9.38. The van der Waals surface area contributed by atoms with Gasteiger partial charge in [-0.2, -0.15) is 0 Å². The Balaban J connectivity index is 2.03. The van der Waals surface area contributed by atoms with E-state index in [-0.39, 0.29) is 0 Å². The van der Waals surface area contributed by atoms with Crippen molar-refractivity contribution in [2.24, 2.45) is 0 Å². The summed E-state index contributed by atoms with van der Waals surface area (Å²) in [6.45, 7) is 3.98. The molecule has 1 unspecified atom stereocenters. The average molecular weight is 200 g/mol. The maximum Gasteiger partial charge on any atom is 0.124 e. The lowest BCUT2D eigenvalue weighted by Crippen LogP contribution is -2.30. The van der Waals surface area contributed by atoms with Crippen LogP contribution in [-0.4, -0.2) is 36.1 Å². The number of hydrogen-bond donors (Lipinski definition) is 2. The van der Waals surface area contributed by atoms with Crippen molar-refractivity contribution in [3.8, 4) is 0 Å². The predicted octanol–water partition coefficient (Wildman–Crippen LogP) is 0.162. The Hall–Kier alpha value is -0.910. The van der Waals surface area contributed by atoms with Gasteiger partial charge in [-0.1, -0.05) is 5.16 Å². The van der Waals surface area contributed by atoms with Gasteiger partial charge < -0.3 is 19.7 Å². The molecule has 0 aliphatic heterocycles. The maximum atomic E-state index is 9.38. The molecule has 1 aromatic heterocycles. The number of aliphatic hydroxyl groups is 1. The molecule has 0 saturated carbocycles. The van der Waals surface area contributed by atoms with Crippen LogP contribution in [0, 0.1) is 0 Å². The lowest BCUT2D eigenvalue weighted by Gasteiger charge is -2.10. The fourth-order valence-electron chi connectivity index (χ4n) is 1.01. The van der Waals surface area contributed by atoms with Gasteiger partial charge in [0.2, 0.25) is 0 Å². The molecule has 0 aliphatic carbocycles. The van der Waals surface area contributed by atoms with Gasteiger partial charge in [-0.25, -0.2) is 0 Å². The molecule has 80 valence electrons. The molecular weight excluding hydrogens is 184 g/mol. The van der Waals surface area contributed by atoms with Crippen LogP contribution in [0.15, 0.2) is 16.9 Å². The molecule has 0 aromatic carbocycles. The number of ether oxygens (including phenoxy) is 1. The summed E-state index contributed by atoms with van der Waals surface area (Å²) in [5.74, 6) is 0. The first-order chi connectivity index (χ1) is 6.83. The van der Waals surface area contributed by atoms with E-state index in [0.29, 0.717) is 26.3 Å². The van der Waals surface area contributed by atoms with Crippen molar-refractivity contribution >= 4 is 0 Å². The summed E-state index contributed by atoms with van der Waals surface area (Å²) >= 11 is 0. The van der Waals surface area contributed by atoms with Gasteiger partial charge in [0.25, 0.3) is 0 Å². The Labute approximate surface area is 83.0 Å². The molecule has 2 N–H and O–H groups in total. The average Bonchev–Trinajstić information content (AvgIpc) is 2.67. The molecule has 0 saturated heterocycles. The smallest absolute Gasteiger partial charge is 0.124 e. The van der Waals surface area contributed by atoms with E-state index in [4.69, 9.17) is 4.74 Å². The van der Waals surface area contributed by atoms with Crippen LogP contribution in [-0.2, 0) is 11.3 Å². The van der Waals surface area contributed by atoms with Crippen molar-refractivity contribution in [1.29, 1.82) is 0 Å². The zero-order valence-electron chi connectivity index (χ0n) is 8.27. The molecule has 0 aliphatic rings. The molecule has 0 radical (unpaired) electrons. The normalized spacial score (nSPS) is 13.0. The molecule has 1 heterocycles. The number of nitrogens with zero attached hydrogens (tertiary/aromatic N) is 1. The predicted molar refractivity (Wildman–Crippen MR) is 50.7 cm³/mol. The molecule has 1 rings (SSSR count). The van der Waals surface area contributed by atoms with Gasteiger partial charge in [-0.05, 0) is 6.92 Å². The Kier molecular flexibility index (Phi) is 5.21. The van der Waals surface area contributed by atoms with Gasteiger partial charge in [0.15, 0.2) is 0 Å². The third kappa shape index (κ3) is 4.36. The summed E-state index contributed by atoms with van der Waals surface area (Å²) in [5, 5.41) is 16.1. The summed E-state index contributed by atoms with van der Waals surface area (Å²) in [5.41, 5.74) is 0.827. The van der Waals surface area contributed by atoms with Crippen molar-refractivity contribution < 1.29 is 14.4 Å². The van der Waals surface area contributed by atoms with Crippen molar-refractivity contribution in [1.82, 2.24) is 10.5 Å². The first-order valence-corrected chi connectivity index (χ1v) is 4.68. The van der Waals surface area contributed by atoms with Crippen molar-refractivity contribution in [2.75, 3.05) is 19.8 Å². The summed E-state index contributed by atoms with van der Waals surface area (Å²) in [6.07, 6.45) is 1.05. The Morgan fingerprint density at radius 3 is 3.21 bits per heavy atom. The van der Waals surface area contributed by atoms with Gasteiger partial charge in [0, 0.05) is 25.8 Å². The second kappa shape index (κ2) is 6.53. The van der Waals surface area contributed by atoms with Crippen LogP contribution in [0.5, 0.6) is 0 Å². The SMILES string of the molecule is CCOCC(O)CNCc1ccon1. The zero-order valence-corrected chi connectivity index (χ0v) is 8.27. The molecule has 0 bridgehead atoms. The van der Waals surface area contributed by atoms with E-state index in [0.717, 1.165) is 5.69 Å². The molecule has 14 heavy (non-hydrogen) atoms. The minimum absolute atomic E-state index is 0.363. The number of nitrogens with one attached hydrogen (secondary N) is 1. The first-order valence-electron chi connectivity index (χ1n) is 4.68. The van der Waals surface area contributed by atoms with E-state index in [2.05, 4.69) is 15.0 Å². The fraction of sp³-hybridized carbons (Fsp3) is 0.667. The second-order valence-corrected chi connectivity index (χ2v) is 2.93. The lowest BCUT2D eigenvalue weighted by molar-refractivity contribution is 0.0426. The van der Waals surface area contributed by atoms with Crippen molar-refractivity contribution in [3.63, 3.8) is 0 Å². The summed E-state index contributed by atoms with van der Waals surface area (Å²) in [6, 6.07) is 1.78. The minimum Gasteiger partial charge on any atom is -0.389 e. The number of rotatable bonds is 7. The van der Waals surface area contributed by atoms with Crippen molar-refractivity contribution in [3.05, 3.63) is 18.0 Å². The molecule has 0 amide bonds.